The summed E-state index contributed by atoms with van der Waals surface area (Å²) in [6, 6.07) is 4.32. The molecule has 1 aromatic heterocycles. The minimum absolute atomic E-state index is 0.00407. The number of benzene rings is 1. The SMILES string of the molecule is CCC(=O)CN([C@H]1CCN([C@@H](CC(C)(C)C)C(=O)O)C1=O)S(=O)(=O)c1cc2ccc(Cl)cc2s1. The van der Waals surface area contributed by atoms with E-state index in [2.05, 4.69) is 0 Å². The van der Waals surface area contributed by atoms with Gasteiger partial charge in [-0.25, -0.2) is 13.2 Å². The van der Waals surface area contributed by atoms with Gasteiger partial charge in [0.05, 0.1) is 6.54 Å². The monoisotopic (exact) mass is 528 g/mol. The Bertz CT molecular complexity index is 1220. The number of hydrogen-bond donors (Lipinski definition) is 1. The van der Waals surface area contributed by atoms with Crippen molar-refractivity contribution in [2.75, 3.05) is 13.1 Å². The Morgan fingerprint density at radius 1 is 1.29 bits per heavy atom. The highest BCUT2D eigenvalue weighted by Gasteiger charge is 2.46. The largest absolute Gasteiger partial charge is 0.480 e. The number of likely N-dealkylation sites (tertiary alicyclic amines) is 1. The van der Waals surface area contributed by atoms with Crippen LogP contribution in [-0.4, -0.2) is 65.6 Å². The average molecular weight is 529 g/mol. The van der Waals surface area contributed by atoms with Gasteiger partial charge >= 0.3 is 5.97 Å². The maximum absolute atomic E-state index is 13.7. The van der Waals surface area contributed by atoms with Gasteiger partial charge < -0.3 is 10.0 Å². The van der Waals surface area contributed by atoms with E-state index in [1.54, 1.807) is 25.1 Å². The van der Waals surface area contributed by atoms with Crippen LogP contribution < -0.4 is 0 Å². The first kappa shape index (κ1) is 26.6. The summed E-state index contributed by atoms with van der Waals surface area (Å²) in [4.78, 5) is 38.9. The third-order valence-electron chi connectivity index (χ3n) is 5.78. The van der Waals surface area contributed by atoms with E-state index in [4.69, 9.17) is 11.6 Å². The zero-order valence-electron chi connectivity index (χ0n) is 19.6. The van der Waals surface area contributed by atoms with E-state index < -0.39 is 40.5 Å². The molecule has 0 saturated carbocycles. The number of Topliss-reactive ketones (excluding diaryl/α,β-unsaturated/α-hetero) is 1. The molecule has 3 rings (SSSR count). The lowest BCUT2D eigenvalue weighted by atomic mass is 9.87. The van der Waals surface area contributed by atoms with E-state index >= 15 is 0 Å². The van der Waals surface area contributed by atoms with Crippen molar-refractivity contribution in [1.29, 1.82) is 0 Å². The lowest BCUT2D eigenvalue weighted by Gasteiger charge is -2.31. The molecule has 1 amide bonds. The zero-order valence-corrected chi connectivity index (χ0v) is 22.0. The van der Waals surface area contributed by atoms with Crippen LogP contribution in [0.4, 0.5) is 0 Å². The van der Waals surface area contributed by atoms with Crippen molar-refractivity contribution in [3.63, 3.8) is 0 Å². The molecule has 0 radical (unpaired) electrons. The van der Waals surface area contributed by atoms with Crippen molar-refractivity contribution in [3.05, 3.63) is 29.3 Å². The van der Waals surface area contributed by atoms with Gasteiger partial charge in [-0.15, -0.1) is 11.3 Å². The Kier molecular flexibility index (Phi) is 7.76. The molecule has 186 valence electrons. The molecular weight excluding hydrogens is 500 g/mol. The number of hydrogen-bond acceptors (Lipinski definition) is 6. The fourth-order valence-corrected chi connectivity index (χ4v) is 7.45. The van der Waals surface area contributed by atoms with Crippen LogP contribution in [0.5, 0.6) is 0 Å². The number of sulfonamides is 1. The Balaban J connectivity index is 1.99. The number of carbonyl (C=O) groups excluding carboxylic acids is 2. The summed E-state index contributed by atoms with van der Waals surface area (Å²) in [5.41, 5.74) is -0.357. The molecule has 1 aromatic carbocycles. The number of aliphatic carboxylic acids is 1. The number of nitrogens with zero attached hydrogens (tertiary/aromatic N) is 2. The first-order valence-corrected chi connectivity index (χ1v) is 13.6. The molecule has 1 aliphatic heterocycles. The van der Waals surface area contributed by atoms with E-state index in [0.717, 1.165) is 15.6 Å². The van der Waals surface area contributed by atoms with Crippen LogP contribution in [-0.2, 0) is 24.4 Å². The van der Waals surface area contributed by atoms with Crippen molar-refractivity contribution in [2.24, 2.45) is 5.41 Å². The highest BCUT2D eigenvalue weighted by molar-refractivity contribution is 7.91. The quantitative estimate of drug-likeness (QED) is 0.526. The van der Waals surface area contributed by atoms with Crippen molar-refractivity contribution < 1.29 is 27.9 Å². The van der Waals surface area contributed by atoms with Gasteiger partial charge in [0.15, 0.2) is 0 Å². The van der Waals surface area contributed by atoms with Crippen LogP contribution in [0.1, 0.15) is 47.0 Å². The molecule has 8 nitrogen and oxygen atoms in total. The molecule has 0 bridgehead atoms. The number of rotatable bonds is 9. The molecule has 1 aliphatic rings. The topological polar surface area (TPSA) is 112 Å². The van der Waals surface area contributed by atoms with Crippen LogP contribution in [0.25, 0.3) is 10.1 Å². The van der Waals surface area contributed by atoms with Gasteiger partial charge in [-0.3, -0.25) is 9.59 Å². The third kappa shape index (κ3) is 5.62. The van der Waals surface area contributed by atoms with E-state index in [1.165, 1.54) is 11.0 Å². The predicted molar refractivity (Wildman–Crippen MR) is 132 cm³/mol. The fourth-order valence-electron chi connectivity index (χ4n) is 4.05. The number of carboxylic acid groups (broad SMARTS) is 1. The van der Waals surface area contributed by atoms with Crippen molar-refractivity contribution >= 4 is 60.7 Å². The number of thiophene rings is 1. The molecule has 2 heterocycles. The molecule has 1 saturated heterocycles. The van der Waals surface area contributed by atoms with Gasteiger partial charge in [-0.2, -0.15) is 4.31 Å². The lowest BCUT2D eigenvalue weighted by molar-refractivity contribution is -0.150. The van der Waals surface area contributed by atoms with E-state index in [9.17, 15) is 27.9 Å². The minimum Gasteiger partial charge on any atom is -0.480 e. The molecule has 1 N–H and O–H groups in total. The van der Waals surface area contributed by atoms with Gasteiger partial charge in [0.1, 0.15) is 22.1 Å². The number of ketones is 1. The highest BCUT2D eigenvalue weighted by atomic mass is 35.5. The summed E-state index contributed by atoms with van der Waals surface area (Å²) >= 11 is 7.05. The summed E-state index contributed by atoms with van der Waals surface area (Å²) in [6.07, 6.45) is 0.443. The smallest absolute Gasteiger partial charge is 0.326 e. The summed E-state index contributed by atoms with van der Waals surface area (Å²) in [5.74, 6) is -2.05. The summed E-state index contributed by atoms with van der Waals surface area (Å²) in [7, 11) is -4.21. The first-order valence-electron chi connectivity index (χ1n) is 11.0. The third-order valence-corrected chi connectivity index (χ3v) is 9.41. The normalized spacial score (nSPS) is 18.1. The van der Waals surface area contributed by atoms with Crippen LogP contribution in [0.3, 0.4) is 0 Å². The second-order valence-corrected chi connectivity index (χ2v) is 13.3. The fraction of sp³-hybridized carbons (Fsp3) is 0.522. The molecule has 11 heteroatoms. The zero-order chi connectivity index (χ0) is 25.4. The maximum atomic E-state index is 13.7. The average Bonchev–Trinajstić information content (AvgIpc) is 3.32. The Morgan fingerprint density at radius 3 is 2.56 bits per heavy atom. The van der Waals surface area contributed by atoms with Gasteiger partial charge in [-0.05, 0) is 41.8 Å². The summed E-state index contributed by atoms with van der Waals surface area (Å²) < 4.78 is 29.0. The molecular formula is C23H29ClN2O6S2. The molecule has 1 fully saturated rings. The van der Waals surface area contributed by atoms with Crippen molar-refractivity contribution in [1.82, 2.24) is 9.21 Å². The van der Waals surface area contributed by atoms with Gasteiger partial charge in [-0.1, -0.05) is 45.4 Å². The second kappa shape index (κ2) is 9.93. The first-order chi connectivity index (χ1) is 15.7. The van der Waals surface area contributed by atoms with Crippen LogP contribution in [0, 0.1) is 5.41 Å². The minimum atomic E-state index is -4.21. The van der Waals surface area contributed by atoms with Crippen molar-refractivity contribution in [2.45, 2.75) is 63.3 Å². The number of halogens is 1. The standard InChI is InChI=1S/C23H29ClN2O6S2/c1-5-16(27)13-26(34(31,32)20-10-14-6-7-15(24)11-19(14)33-20)17-8-9-25(21(17)28)18(22(29)30)12-23(2,3)4/h6-7,10-11,17-18H,5,8-9,12-13H2,1-4H3,(H,29,30)/t17-,18-/m0/s1. The second-order valence-electron chi connectivity index (χ2n) is 9.64. The van der Waals surface area contributed by atoms with Gasteiger partial charge in [0, 0.05) is 22.7 Å². The lowest BCUT2D eigenvalue weighted by Crippen LogP contribution is -2.50. The Labute approximate surface area is 208 Å². The number of amides is 1. The van der Waals surface area contributed by atoms with E-state index in [1.807, 2.05) is 20.8 Å². The molecule has 2 atom stereocenters. The maximum Gasteiger partial charge on any atom is 0.326 e. The summed E-state index contributed by atoms with van der Waals surface area (Å²) in [6.45, 7) is 6.92. The molecule has 0 aliphatic carbocycles. The van der Waals surface area contributed by atoms with Gasteiger partial charge in [0.2, 0.25) is 5.91 Å². The van der Waals surface area contributed by atoms with E-state index in [-0.39, 0.29) is 41.2 Å². The van der Waals surface area contributed by atoms with Crippen molar-refractivity contribution in [3.8, 4) is 0 Å². The Hall–Kier alpha value is -2.01. The predicted octanol–water partition coefficient (Wildman–Crippen LogP) is 4.01. The van der Waals surface area contributed by atoms with Gasteiger partial charge in [0.25, 0.3) is 10.0 Å². The number of carboxylic acids is 1. The molecule has 34 heavy (non-hydrogen) atoms. The van der Waals surface area contributed by atoms with Crippen LogP contribution >= 0.6 is 22.9 Å². The highest BCUT2D eigenvalue weighted by Crippen LogP contribution is 2.35. The number of carbonyl (C=O) groups is 3. The molecule has 0 unspecified atom stereocenters. The molecule has 2 aromatic rings. The van der Waals surface area contributed by atoms with Crippen LogP contribution in [0.15, 0.2) is 28.5 Å². The summed E-state index contributed by atoms with van der Waals surface area (Å²) in [5, 5.41) is 10.9. The molecule has 0 spiro atoms. The van der Waals surface area contributed by atoms with E-state index in [0.29, 0.717) is 15.1 Å². The Morgan fingerprint density at radius 2 is 1.97 bits per heavy atom. The van der Waals surface area contributed by atoms with Crippen LogP contribution in [0.2, 0.25) is 5.02 Å². The number of fused-ring (bicyclic) bond motifs is 1.